The first-order chi connectivity index (χ1) is 6.52. The van der Waals surface area contributed by atoms with Gasteiger partial charge in [0.15, 0.2) is 0 Å². The number of hydrogen-bond donors (Lipinski definition) is 2. The van der Waals surface area contributed by atoms with Crippen LogP contribution in [0.1, 0.15) is 27.2 Å². The van der Waals surface area contributed by atoms with Crippen LogP contribution in [-0.2, 0) is 4.79 Å². The zero-order valence-electron chi connectivity index (χ0n) is 9.08. The summed E-state index contributed by atoms with van der Waals surface area (Å²) in [5.74, 6) is -0.156. The van der Waals surface area contributed by atoms with Crippen molar-refractivity contribution in [3.8, 4) is 6.07 Å². The molecule has 0 spiro atoms. The van der Waals surface area contributed by atoms with Gasteiger partial charge in [-0.15, -0.1) is 0 Å². The SMILES string of the molecule is CCC(C)[C@H](N)C(=O)NCC(C)C#N. The van der Waals surface area contributed by atoms with Crippen molar-refractivity contribution in [3.05, 3.63) is 0 Å². The zero-order chi connectivity index (χ0) is 11.1. The fraction of sp³-hybridized carbons (Fsp3) is 0.800. The Kier molecular flexibility index (Phi) is 5.89. The van der Waals surface area contributed by atoms with Gasteiger partial charge in [-0.05, 0) is 12.8 Å². The van der Waals surface area contributed by atoms with Crippen molar-refractivity contribution in [1.82, 2.24) is 5.32 Å². The normalized spacial score (nSPS) is 16.5. The summed E-state index contributed by atoms with van der Waals surface area (Å²) in [6.45, 7) is 6.07. The minimum Gasteiger partial charge on any atom is -0.353 e. The van der Waals surface area contributed by atoms with Gasteiger partial charge >= 0.3 is 0 Å². The highest BCUT2D eigenvalue weighted by Crippen LogP contribution is 2.05. The second-order valence-electron chi connectivity index (χ2n) is 3.69. The Balaban J connectivity index is 3.91. The molecule has 0 saturated carbocycles. The molecule has 0 aliphatic heterocycles. The first kappa shape index (κ1) is 12.9. The molecule has 0 radical (unpaired) electrons. The Hall–Kier alpha value is -1.08. The topological polar surface area (TPSA) is 78.9 Å². The molecule has 0 aromatic rings. The van der Waals surface area contributed by atoms with Gasteiger partial charge in [0.05, 0.1) is 18.0 Å². The maximum absolute atomic E-state index is 11.4. The summed E-state index contributed by atoms with van der Waals surface area (Å²) in [6.07, 6.45) is 0.877. The van der Waals surface area contributed by atoms with Crippen LogP contribution in [0.4, 0.5) is 0 Å². The Morgan fingerprint density at radius 1 is 1.57 bits per heavy atom. The fourth-order valence-electron chi connectivity index (χ4n) is 0.930. The molecule has 1 amide bonds. The lowest BCUT2D eigenvalue weighted by Gasteiger charge is -2.17. The molecule has 0 aliphatic rings. The second-order valence-corrected chi connectivity index (χ2v) is 3.69. The van der Waals surface area contributed by atoms with Crippen molar-refractivity contribution < 1.29 is 4.79 Å². The molecule has 14 heavy (non-hydrogen) atoms. The van der Waals surface area contributed by atoms with E-state index < -0.39 is 6.04 Å². The quantitative estimate of drug-likeness (QED) is 0.678. The highest BCUT2D eigenvalue weighted by molar-refractivity contribution is 5.81. The molecule has 2 unspecified atom stereocenters. The van der Waals surface area contributed by atoms with E-state index in [1.807, 2.05) is 19.9 Å². The molecular formula is C10H19N3O. The monoisotopic (exact) mass is 197 g/mol. The van der Waals surface area contributed by atoms with E-state index in [1.54, 1.807) is 6.92 Å². The first-order valence-corrected chi connectivity index (χ1v) is 4.95. The molecule has 0 aliphatic carbocycles. The van der Waals surface area contributed by atoms with Crippen molar-refractivity contribution in [2.24, 2.45) is 17.6 Å². The zero-order valence-corrected chi connectivity index (χ0v) is 9.08. The summed E-state index contributed by atoms with van der Waals surface area (Å²) in [4.78, 5) is 11.4. The summed E-state index contributed by atoms with van der Waals surface area (Å²) >= 11 is 0. The third kappa shape index (κ3) is 4.24. The smallest absolute Gasteiger partial charge is 0.237 e. The van der Waals surface area contributed by atoms with Crippen LogP contribution in [-0.4, -0.2) is 18.5 Å². The van der Waals surface area contributed by atoms with Gasteiger partial charge in [0.1, 0.15) is 0 Å². The average Bonchev–Trinajstić information content (AvgIpc) is 2.22. The van der Waals surface area contributed by atoms with Crippen LogP contribution >= 0.6 is 0 Å². The summed E-state index contributed by atoms with van der Waals surface area (Å²) in [5, 5.41) is 11.2. The number of carbonyl (C=O) groups excluding carboxylic acids is 1. The van der Waals surface area contributed by atoms with Gasteiger partial charge in [-0.3, -0.25) is 4.79 Å². The molecule has 3 N–H and O–H groups in total. The van der Waals surface area contributed by atoms with E-state index in [-0.39, 0.29) is 17.7 Å². The lowest BCUT2D eigenvalue weighted by atomic mass is 9.99. The molecule has 0 bridgehead atoms. The van der Waals surface area contributed by atoms with Crippen LogP contribution in [0.2, 0.25) is 0 Å². The fourth-order valence-corrected chi connectivity index (χ4v) is 0.930. The third-order valence-electron chi connectivity index (χ3n) is 2.36. The number of nitrogens with two attached hydrogens (primary N) is 1. The lowest BCUT2D eigenvalue weighted by molar-refractivity contribution is -0.123. The van der Waals surface area contributed by atoms with E-state index in [0.29, 0.717) is 6.54 Å². The first-order valence-electron chi connectivity index (χ1n) is 4.95. The minimum absolute atomic E-state index is 0.164. The van der Waals surface area contributed by atoms with Crippen molar-refractivity contribution in [1.29, 1.82) is 5.26 Å². The Bertz CT molecular complexity index is 222. The highest BCUT2D eigenvalue weighted by atomic mass is 16.2. The summed E-state index contributed by atoms with van der Waals surface area (Å²) in [5.41, 5.74) is 5.70. The van der Waals surface area contributed by atoms with Gasteiger partial charge in [0.2, 0.25) is 5.91 Å². The predicted octanol–water partition coefficient (Wildman–Crippen LogP) is 0.636. The Morgan fingerprint density at radius 2 is 2.14 bits per heavy atom. The Labute approximate surface area is 85.5 Å². The molecule has 0 saturated heterocycles. The predicted molar refractivity (Wildman–Crippen MR) is 55.2 cm³/mol. The van der Waals surface area contributed by atoms with E-state index in [4.69, 9.17) is 11.0 Å². The highest BCUT2D eigenvalue weighted by Gasteiger charge is 2.19. The lowest BCUT2D eigenvalue weighted by Crippen LogP contribution is -2.45. The maximum atomic E-state index is 11.4. The molecule has 0 aromatic carbocycles. The van der Waals surface area contributed by atoms with Gasteiger partial charge in [-0.25, -0.2) is 0 Å². The molecule has 0 aromatic heterocycles. The Morgan fingerprint density at radius 3 is 2.57 bits per heavy atom. The van der Waals surface area contributed by atoms with Crippen LogP contribution < -0.4 is 11.1 Å². The molecular weight excluding hydrogens is 178 g/mol. The van der Waals surface area contributed by atoms with E-state index in [1.165, 1.54) is 0 Å². The van der Waals surface area contributed by atoms with Crippen LogP contribution in [0.5, 0.6) is 0 Å². The van der Waals surface area contributed by atoms with Crippen molar-refractivity contribution >= 4 is 5.91 Å². The number of nitriles is 1. The third-order valence-corrected chi connectivity index (χ3v) is 2.36. The molecule has 4 heteroatoms. The molecule has 4 nitrogen and oxygen atoms in total. The van der Waals surface area contributed by atoms with Crippen LogP contribution in [0.3, 0.4) is 0 Å². The molecule has 3 atom stereocenters. The van der Waals surface area contributed by atoms with Gasteiger partial charge in [-0.1, -0.05) is 20.3 Å². The van der Waals surface area contributed by atoms with Gasteiger partial charge in [-0.2, -0.15) is 5.26 Å². The molecule has 0 fully saturated rings. The van der Waals surface area contributed by atoms with Gasteiger partial charge < -0.3 is 11.1 Å². The maximum Gasteiger partial charge on any atom is 0.237 e. The van der Waals surface area contributed by atoms with E-state index in [2.05, 4.69) is 5.32 Å². The van der Waals surface area contributed by atoms with Crippen LogP contribution in [0, 0.1) is 23.2 Å². The van der Waals surface area contributed by atoms with Gasteiger partial charge in [0, 0.05) is 6.54 Å². The van der Waals surface area contributed by atoms with Gasteiger partial charge in [0.25, 0.3) is 0 Å². The summed E-state index contributed by atoms with van der Waals surface area (Å²) in [7, 11) is 0. The largest absolute Gasteiger partial charge is 0.353 e. The molecule has 0 heterocycles. The van der Waals surface area contributed by atoms with E-state index in [0.717, 1.165) is 6.42 Å². The number of hydrogen-bond acceptors (Lipinski definition) is 3. The summed E-state index contributed by atoms with van der Waals surface area (Å²) in [6, 6.07) is 1.58. The second kappa shape index (κ2) is 6.39. The number of carbonyl (C=O) groups is 1. The number of rotatable bonds is 5. The van der Waals surface area contributed by atoms with E-state index >= 15 is 0 Å². The number of nitrogens with zero attached hydrogens (tertiary/aromatic N) is 1. The van der Waals surface area contributed by atoms with Crippen molar-refractivity contribution in [3.63, 3.8) is 0 Å². The van der Waals surface area contributed by atoms with Crippen LogP contribution in [0.25, 0.3) is 0 Å². The van der Waals surface area contributed by atoms with Crippen molar-refractivity contribution in [2.45, 2.75) is 33.2 Å². The number of nitrogens with one attached hydrogen (secondary N) is 1. The molecule has 80 valence electrons. The van der Waals surface area contributed by atoms with Crippen LogP contribution in [0.15, 0.2) is 0 Å². The number of amides is 1. The minimum atomic E-state index is -0.467. The summed E-state index contributed by atoms with van der Waals surface area (Å²) < 4.78 is 0. The average molecular weight is 197 g/mol. The molecule has 0 rings (SSSR count). The standard InChI is InChI=1S/C10H19N3O/c1-4-8(3)9(12)10(14)13-6-7(2)5-11/h7-9H,4,6,12H2,1-3H3,(H,13,14)/t7?,8?,9-/m0/s1. The van der Waals surface area contributed by atoms with Crippen molar-refractivity contribution in [2.75, 3.05) is 6.54 Å². The van der Waals surface area contributed by atoms with E-state index in [9.17, 15) is 4.79 Å².